The summed E-state index contributed by atoms with van der Waals surface area (Å²) in [6, 6.07) is 5.87. The van der Waals surface area contributed by atoms with Gasteiger partial charge >= 0.3 is 0 Å². The minimum Gasteiger partial charge on any atom is -0.332 e. The zero-order valence-corrected chi connectivity index (χ0v) is 19.0. The monoisotopic (exact) mass is 482 g/mol. The zero-order chi connectivity index (χ0) is 23.8. The molecule has 2 fully saturated rings. The number of nitrogens with zero attached hydrogens (tertiary/aromatic N) is 4. The molecule has 1 aromatic carbocycles. The number of aromatic nitrogens is 2. The van der Waals surface area contributed by atoms with Crippen LogP contribution in [0.4, 0.5) is 5.95 Å². The molecule has 2 atom stereocenters. The number of imide groups is 2. The molecule has 3 aliphatic rings. The molecule has 5 rings (SSSR count). The number of hydrogen-bond donors (Lipinski definition) is 2. The van der Waals surface area contributed by atoms with Crippen LogP contribution < -0.4 is 15.5 Å². The van der Waals surface area contributed by atoms with E-state index in [9.17, 15) is 19.2 Å². The molecule has 4 heterocycles. The van der Waals surface area contributed by atoms with Crippen LogP contribution in [-0.2, 0) is 16.1 Å². The highest BCUT2D eigenvalue weighted by molar-refractivity contribution is 6.29. The van der Waals surface area contributed by atoms with Crippen LogP contribution in [0.15, 0.2) is 30.5 Å². The largest absolute Gasteiger partial charge is 0.332 e. The Morgan fingerprint density at radius 3 is 2.65 bits per heavy atom. The van der Waals surface area contributed by atoms with Crippen molar-refractivity contribution >= 4 is 41.2 Å². The minimum absolute atomic E-state index is 0.0824. The number of benzene rings is 1. The van der Waals surface area contributed by atoms with Gasteiger partial charge in [-0.1, -0.05) is 17.7 Å². The molecule has 4 amide bonds. The van der Waals surface area contributed by atoms with Gasteiger partial charge in [-0.3, -0.25) is 29.4 Å². The number of nitrogens with one attached hydrogen (secondary N) is 2. The van der Waals surface area contributed by atoms with Crippen molar-refractivity contribution < 1.29 is 19.2 Å². The van der Waals surface area contributed by atoms with Crippen molar-refractivity contribution in [2.24, 2.45) is 0 Å². The Morgan fingerprint density at radius 1 is 1.09 bits per heavy atom. The summed E-state index contributed by atoms with van der Waals surface area (Å²) < 4.78 is 0. The number of carbonyl (C=O) groups excluding carboxylic acids is 4. The highest BCUT2D eigenvalue weighted by Gasteiger charge is 2.44. The third-order valence-corrected chi connectivity index (χ3v) is 6.65. The van der Waals surface area contributed by atoms with E-state index in [0.29, 0.717) is 17.6 Å². The fourth-order valence-electron chi connectivity index (χ4n) is 4.74. The maximum atomic E-state index is 13.2. The number of hydrogen-bond acceptors (Lipinski definition) is 8. The van der Waals surface area contributed by atoms with Gasteiger partial charge in [0.05, 0.1) is 11.1 Å². The summed E-state index contributed by atoms with van der Waals surface area (Å²) in [5.74, 6) is -1.58. The lowest BCUT2D eigenvalue weighted by Gasteiger charge is -2.35. The molecule has 0 aliphatic carbocycles. The molecule has 34 heavy (non-hydrogen) atoms. The van der Waals surface area contributed by atoms with E-state index in [-0.39, 0.29) is 30.0 Å². The highest BCUT2D eigenvalue weighted by Crippen LogP contribution is 2.29. The Morgan fingerprint density at radius 2 is 1.91 bits per heavy atom. The fourth-order valence-corrected chi connectivity index (χ4v) is 4.87. The average Bonchev–Trinajstić information content (AvgIpc) is 3.08. The van der Waals surface area contributed by atoms with Gasteiger partial charge in [0, 0.05) is 31.7 Å². The molecule has 2 unspecified atom stereocenters. The van der Waals surface area contributed by atoms with Gasteiger partial charge in [-0.05, 0) is 49.6 Å². The molecule has 10 nitrogen and oxygen atoms in total. The normalized spacial score (nSPS) is 22.6. The second kappa shape index (κ2) is 9.11. The van der Waals surface area contributed by atoms with E-state index in [1.165, 1.54) is 0 Å². The Hall–Kier alpha value is -3.37. The maximum Gasteiger partial charge on any atom is 0.262 e. The first-order valence-electron chi connectivity index (χ1n) is 11.2. The zero-order valence-electron chi connectivity index (χ0n) is 18.3. The SMILES string of the molecule is O=C1CCC(N2C(=O)c3ccc(CN(c4nccc(Cl)n4)C4CCCNC4)cc3C2=O)C(=O)N1. The molecule has 0 radical (unpaired) electrons. The summed E-state index contributed by atoms with van der Waals surface area (Å²) in [7, 11) is 0. The summed E-state index contributed by atoms with van der Waals surface area (Å²) in [5.41, 5.74) is 1.31. The van der Waals surface area contributed by atoms with Crippen molar-refractivity contribution in [1.29, 1.82) is 0 Å². The molecule has 1 aromatic heterocycles. The van der Waals surface area contributed by atoms with Gasteiger partial charge < -0.3 is 10.2 Å². The molecule has 2 N–H and O–H groups in total. The Kier molecular flexibility index (Phi) is 6.01. The average molecular weight is 483 g/mol. The van der Waals surface area contributed by atoms with E-state index in [0.717, 1.165) is 36.4 Å². The lowest BCUT2D eigenvalue weighted by molar-refractivity contribution is -0.136. The second-order valence-electron chi connectivity index (χ2n) is 8.63. The van der Waals surface area contributed by atoms with E-state index in [1.54, 1.807) is 30.5 Å². The topological polar surface area (TPSA) is 125 Å². The van der Waals surface area contributed by atoms with Crippen LogP contribution in [0.2, 0.25) is 5.15 Å². The van der Waals surface area contributed by atoms with Gasteiger partial charge in [0.15, 0.2) is 0 Å². The van der Waals surface area contributed by atoms with Crippen LogP contribution in [0.3, 0.4) is 0 Å². The van der Waals surface area contributed by atoms with Gasteiger partial charge in [-0.15, -0.1) is 0 Å². The number of piperidine rings is 2. The predicted molar refractivity (Wildman–Crippen MR) is 122 cm³/mol. The summed E-state index contributed by atoms with van der Waals surface area (Å²) >= 11 is 6.12. The second-order valence-corrected chi connectivity index (χ2v) is 9.02. The molecular weight excluding hydrogens is 460 g/mol. The van der Waals surface area contributed by atoms with Crippen LogP contribution in [-0.4, -0.2) is 63.7 Å². The molecule has 176 valence electrons. The van der Waals surface area contributed by atoms with E-state index in [1.807, 2.05) is 0 Å². The van der Waals surface area contributed by atoms with Crippen molar-refractivity contribution in [2.45, 2.75) is 44.3 Å². The van der Waals surface area contributed by atoms with E-state index in [2.05, 4.69) is 25.5 Å². The first-order chi connectivity index (χ1) is 16.4. The quantitative estimate of drug-likeness (QED) is 0.482. The van der Waals surface area contributed by atoms with Gasteiger partial charge in [-0.2, -0.15) is 0 Å². The maximum absolute atomic E-state index is 13.2. The number of amides is 4. The minimum atomic E-state index is -0.988. The third kappa shape index (κ3) is 4.14. The molecule has 2 aromatic rings. The summed E-state index contributed by atoms with van der Waals surface area (Å²) in [4.78, 5) is 61.7. The van der Waals surface area contributed by atoms with E-state index < -0.39 is 29.7 Å². The van der Waals surface area contributed by atoms with Crippen molar-refractivity contribution in [3.63, 3.8) is 0 Å². The molecule has 0 saturated carbocycles. The smallest absolute Gasteiger partial charge is 0.262 e. The Bertz CT molecular complexity index is 1180. The number of halogens is 1. The van der Waals surface area contributed by atoms with Crippen molar-refractivity contribution in [2.75, 3.05) is 18.0 Å². The van der Waals surface area contributed by atoms with Crippen molar-refractivity contribution in [3.8, 4) is 0 Å². The van der Waals surface area contributed by atoms with Crippen LogP contribution in [0.1, 0.15) is 52.0 Å². The molecule has 2 saturated heterocycles. The summed E-state index contributed by atoms with van der Waals surface area (Å²) in [5, 5.41) is 5.94. The number of carbonyl (C=O) groups is 4. The standard InChI is InChI=1S/C23H23ClN6O4/c24-18-7-9-26-23(27-18)29(14-2-1-8-25-11-14)12-13-3-4-15-16(10-13)22(34)30(21(15)33)17-5-6-19(31)28-20(17)32/h3-4,7,9-10,14,17,25H,1-2,5-6,8,11-12H2,(H,28,31,32). The van der Waals surface area contributed by atoms with E-state index >= 15 is 0 Å². The van der Waals surface area contributed by atoms with Crippen LogP contribution in [0.25, 0.3) is 0 Å². The molecular formula is C23H23ClN6O4. The van der Waals surface area contributed by atoms with Crippen LogP contribution in [0, 0.1) is 0 Å². The first-order valence-corrected chi connectivity index (χ1v) is 11.6. The number of fused-ring (bicyclic) bond motifs is 1. The Balaban J connectivity index is 1.42. The van der Waals surface area contributed by atoms with Gasteiger partial charge in [0.25, 0.3) is 11.8 Å². The fraction of sp³-hybridized carbons (Fsp3) is 0.391. The summed E-state index contributed by atoms with van der Waals surface area (Å²) in [6.45, 7) is 2.13. The van der Waals surface area contributed by atoms with E-state index in [4.69, 9.17) is 11.6 Å². The Labute approximate surface area is 200 Å². The highest BCUT2D eigenvalue weighted by atomic mass is 35.5. The van der Waals surface area contributed by atoms with Gasteiger partial charge in [0.2, 0.25) is 17.8 Å². The molecule has 3 aliphatic heterocycles. The third-order valence-electron chi connectivity index (χ3n) is 6.43. The summed E-state index contributed by atoms with van der Waals surface area (Å²) in [6.07, 6.45) is 3.78. The number of anilines is 1. The molecule has 0 bridgehead atoms. The lowest BCUT2D eigenvalue weighted by Crippen LogP contribution is -2.54. The van der Waals surface area contributed by atoms with Gasteiger partial charge in [0.1, 0.15) is 11.2 Å². The predicted octanol–water partition coefficient (Wildman–Crippen LogP) is 1.29. The lowest BCUT2D eigenvalue weighted by atomic mass is 10.0. The van der Waals surface area contributed by atoms with Crippen LogP contribution >= 0.6 is 11.6 Å². The molecule has 0 spiro atoms. The molecule has 11 heteroatoms. The van der Waals surface area contributed by atoms with Crippen LogP contribution in [0.5, 0.6) is 0 Å². The van der Waals surface area contributed by atoms with Gasteiger partial charge in [-0.25, -0.2) is 9.97 Å². The first kappa shape index (κ1) is 22.4. The van der Waals surface area contributed by atoms with Crippen molar-refractivity contribution in [3.05, 3.63) is 52.3 Å². The number of rotatable bonds is 5. The van der Waals surface area contributed by atoms with Crippen molar-refractivity contribution in [1.82, 2.24) is 25.5 Å².